The molecule has 2 amide bonds. The molecule has 0 spiro atoms. The fraction of sp³-hybridized carbons (Fsp3) is 0.818. The standard InChI is InChI=1S/C11H21N3O2/c1-8(12)4-2-6-10(15)14-7-3-5-9(14)11(13)16/h8-9H,2-7,12H2,1H3,(H2,13,16). The Morgan fingerprint density at radius 1 is 1.50 bits per heavy atom. The predicted octanol–water partition coefficient (Wildman–Crippen LogP) is -0.0198. The molecule has 4 N–H and O–H groups in total. The van der Waals surface area contributed by atoms with Crippen molar-refractivity contribution in [1.82, 2.24) is 4.90 Å². The lowest BCUT2D eigenvalue weighted by molar-refractivity contribution is -0.137. The van der Waals surface area contributed by atoms with Gasteiger partial charge in [0.1, 0.15) is 6.04 Å². The summed E-state index contributed by atoms with van der Waals surface area (Å²) in [5, 5.41) is 0. The highest BCUT2D eigenvalue weighted by Crippen LogP contribution is 2.18. The number of carbonyl (C=O) groups is 2. The number of primary amides is 1. The molecule has 1 saturated heterocycles. The summed E-state index contributed by atoms with van der Waals surface area (Å²) in [6.45, 7) is 2.58. The van der Waals surface area contributed by atoms with Crippen molar-refractivity contribution in [1.29, 1.82) is 0 Å². The van der Waals surface area contributed by atoms with Crippen LogP contribution in [0.3, 0.4) is 0 Å². The summed E-state index contributed by atoms with van der Waals surface area (Å²) in [5.74, 6) is -0.361. The zero-order chi connectivity index (χ0) is 12.1. The van der Waals surface area contributed by atoms with Gasteiger partial charge in [-0.15, -0.1) is 0 Å². The lowest BCUT2D eigenvalue weighted by Crippen LogP contribution is -2.43. The molecule has 0 aromatic carbocycles. The lowest BCUT2D eigenvalue weighted by Gasteiger charge is -2.22. The molecule has 1 heterocycles. The van der Waals surface area contributed by atoms with E-state index >= 15 is 0 Å². The minimum Gasteiger partial charge on any atom is -0.368 e. The highest BCUT2D eigenvalue weighted by molar-refractivity contribution is 5.87. The van der Waals surface area contributed by atoms with Gasteiger partial charge in [-0.2, -0.15) is 0 Å². The summed E-state index contributed by atoms with van der Waals surface area (Å²) in [6, 6.07) is -0.263. The lowest BCUT2D eigenvalue weighted by atomic mass is 10.1. The van der Waals surface area contributed by atoms with Crippen molar-refractivity contribution in [2.24, 2.45) is 11.5 Å². The minimum atomic E-state index is -0.391. The Bertz CT molecular complexity index is 266. The van der Waals surface area contributed by atoms with E-state index in [4.69, 9.17) is 11.5 Å². The van der Waals surface area contributed by atoms with Crippen molar-refractivity contribution >= 4 is 11.8 Å². The van der Waals surface area contributed by atoms with E-state index in [1.165, 1.54) is 0 Å². The number of rotatable bonds is 5. The third-order valence-electron chi connectivity index (χ3n) is 2.95. The molecule has 92 valence electrons. The molecule has 2 unspecified atom stereocenters. The van der Waals surface area contributed by atoms with E-state index in [1.54, 1.807) is 4.90 Å². The maximum absolute atomic E-state index is 11.8. The zero-order valence-electron chi connectivity index (χ0n) is 9.82. The van der Waals surface area contributed by atoms with Crippen molar-refractivity contribution < 1.29 is 9.59 Å². The second-order valence-corrected chi connectivity index (χ2v) is 4.52. The van der Waals surface area contributed by atoms with Crippen molar-refractivity contribution in [2.45, 2.75) is 51.1 Å². The quantitative estimate of drug-likeness (QED) is 0.691. The number of nitrogens with two attached hydrogens (primary N) is 2. The van der Waals surface area contributed by atoms with Crippen LogP contribution in [0.2, 0.25) is 0 Å². The maximum Gasteiger partial charge on any atom is 0.240 e. The van der Waals surface area contributed by atoms with Gasteiger partial charge >= 0.3 is 0 Å². The molecule has 5 heteroatoms. The first-order valence-corrected chi connectivity index (χ1v) is 5.86. The molecule has 0 aromatic heterocycles. The van der Waals surface area contributed by atoms with Crippen LogP contribution in [-0.2, 0) is 9.59 Å². The topological polar surface area (TPSA) is 89.4 Å². The van der Waals surface area contributed by atoms with Gasteiger partial charge in [-0.25, -0.2) is 0 Å². The molecule has 0 saturated carbocycles. The number of carbonyl (C=O) groups excluding carboxylic acids is 2. The van der Waals surface area contributed by atoms with Crippen LogP contribution < -0.4 is 11.5 Å². The van der Waals surface area contributed by atoms with Crippen molar-refractivity contribution in [2.75, 3.05) is 6.54 Å². The number of nitrogens with zero attached hydrogens (tertiary/aromatic N) is 1. The van der Waals surface area contributed by atoms with Gasteiger partial charge < -0.3 is 16.4 Å². The highest BCUT2D eigenvalue weighted by Gasteiger charge is 2.31. The Hall–Kier alpha value is -1.10. The van der Waals surface area contributed by atoms with Gasteiger partial charge in [0, 0.05) is 19.0 Å². The van der Waals surface area contributed by atoms with Crippen LogP contribution in [0.1, 0.15) is 39.0 Å². The molecule has 1 aliphatic rings. The van der Waals surface area contributed by atoms with Crippen LogP contribution in [-0.4, -0.2) is 35.3 Å². The molecular weight excluding hydrogens is 206 g/mol. The molecule has 16 heavy (non-hydrogen) atoms. The molecule has 0 aromatic rings. The summed E-state index contributed by atoms with van der Waals surface area (Å²) < 4.78 is 0. The Morgan fingerprint density at radius 3 is 2.75 bits per heavy atom. The average Bonchev–Trinajstić information content (AvgIpc) is 2.65. The van der Waals surface area contributed by atoms with Gasteiger partial charge in [-0.05, 0) is 32.6 Å². The van der Waals surface area contributed by atoms with E-state index in [-0.39, 0.29) is 18.0 Å². The van der Waals surface area contributed by atoms with Gasteiger partial charge in [0.25, 0.3) is 0 Å². The molecule has 5 nitrogen and oxygen atoms in total. The molecule has 0 bridgehead atoms. The number of hydrogen-bond donors (Lipinski definition) is 2. The van der Waals surface area contributed by atoms with Gasteiger partial charge in [0.05, 0.1) is 0 Å². The van der Waals surface area contributed by atoms with Gasteiger partial charge in [-0.1, -0.05) is 0 Å². The van der Waals surface area contributed by atoms with Crippen LogP contribution in [0, 0.1) is 0 Å². The summed E-state index contributed by atoms with van der Waals surface area (Å²) in [5.41, 5.74) is 10.9. The van der Waals surface area contributed by atoms with Crippen molar-refractivity contribution in [3.63, 3.8) is 0 Å². The van der Waals surface area contributed by atoms with Crippen LogP contribution in [0.5, 0.6) is 0 Å². The van der Waals surface area contributed by atoms with Crippen LogP contribution in [0.4, 0.5) is 0 Å². The monoisotopic (exact) mass is 227 g/mol. The fourth-order valence-electron chi connectivity index (χ4n) is 2.08. The average molecular weight is 227 g/mol. The second-order valence-electron chi connectivity index (χ2n) is 4.52. The number of likely N-dealkylation sites (tertiary alicyclic amines) is 1. The fourth-order valence-corrected chi connectivity index (χ4v) is 2.08. The normalized spacial score (nSPS) is 22.1. The summed E-state index contributed by atoms with van der Waals surface area (Å²) >= 11 is 0. The molecular formula is C11H21N3O2. The highest BCUT2D eigenvalue weighted by atomic mass is 16.2. The SMILES string of the molecule is CC(N)CCCC(=O)N1CCCC1C(N)=O. The van der Waals surface area contributed by atoms with Gasteiger partial charge in [-0.3, -0.25) is 9.59 Å². The maximum atomic E-state index is 11.8. The van der Waals surface area contributed by atoms with E-state index in [9.17, 15) is 9.59 Å². The van der Waals surface area contributed by atoms with Crippen molar-refractivity contribution in [3.05, 3.63) is 0 Å². The van der Waals surface area contributed by atoms with Gasteiger partial charge in [0.15, 0.2) is 0 Å². The van der Waals surface area contributed by atoms with E-state index in [0.29, 0.717) is 19.4 Å². The first-order valence-electron chi connectivity index (χ1n) is 5.86. The van der Waals surface area contributed by atoms with Crippen LogP contribution in [0.25, 0.3) is 0 Å². The molecule has 2 atom stereocenters. The smallest absolute Gasteiger partial charge is 0.240 e. The zero-order valence-corrected chi connectivity index (χ0v) is 9.82. The summed E-state index contributed by atoms with van der Waals surface area (Å²) in [7, 11) is 0. The number of hydrogen-bond acceptors (Lipinski definition) is 3. The Labute approximate surface area is 96.1 Å². The first-order chi connectivity index (χ1) is 7.52. The third kappa shape index (κ3) is 3.48. The largest absolute Gasteiger partial charge is 0.368 e. The predicted molar refractivity (Wildman–Crippen MR) is 61.4 cm³/mol. The molecule has 1 fully saturated rings. The van der Waals surface area contributed by atoms with Gasteiger partial charge in [0.2, 0.25) is 11.8 Å². The Balaban J connectivity index is 2.38. The third-order valence-corrected chi connectivity index (χ3v) is 2.95. The molecule has 1 aliphatic heterocycles. The van der Waals surface area contributed by atoms with Crippen LogP contribution in [0.15, 0.2) is 0 Å². The van der Waals surface area contributed by atoms with E-state index in [1.807, 2.05) is 6.92 Å². The Kier molecular flexibility index (Phi) is 4.73. The van der Waals surface area contributed by atoms with E-state index < -0.39 is 5.91 Å². The Morgan fingerprint density at radius 2 is 2.19 bits per heavy atom. The van der Waals surface area contributed by atoms with Crippen LogP contribution >= 0.6 is 0 Å². The minimum absolute atomic E-state index is 0.0296. The first kappa shape index (κ1) is 13.0. The molecule has 1 rings (SSSR count). The van der Waals surface area contributed by atoms with E-state index in [0.717, 1.165) is 19.3 Å². The molecule has 0 radical (unpaired) electrons. The summed E-state index contributed by atoms with van der Waals surface area (Å²) in [4.78, 5) is 24.5. The number of amides is 2. The second kappa shape index (κ2) is 5.84. The summed E-state index contributed by atoms with van der Waals surface area (Å²) in [6.07, 6.45) is 3.64. The molecule has 0 aliphatic carbocycles. The van der Waals surface area contributed by atoms with Crippen molar-refractivity contribution in [3.8, 4) is 0 Å². The van der Waals surface area contributed by atoms with E-state index in [2.05, 4.69) is 0 Å².